The Morgan fingerprint density at radius 2 is 1.37 bits per heavy atom. The van der Waals surface area contributed by atoms with Crippen LogP contribution >= 0.6 is 11.6 Å². The van der Waals surface area contributed by atoms with Crippen LogP contribution in [0.5, 0.6) is 0 Å². The van der Waals surface area contributed by atoms with Gasteiger partial charge in [0.1, 0.15) is 6.33 Å². The first-order valence-corrected chi connectivity index (χ1v) is 16.4. The summed E-state index contributed by atoms with van der Waals surface area (Å²) in [5.41, 5.74) is 5.63. The molecule has 0 saturated carbocycles. The zero-order chi connectivity index (χ0) is 35.6. The van der Waals surface area contributed by atoms with Crippen molar-refractivity contribution in [2.24, 2.45) is 0 Å². The first-order valence-electron chi connectivity index (χ1n) is 16.0. The van der Waals surface area contributed by atoms with Crippen LogP contribution in [-0.4, -0.2) is 44.4 Å². The molecule has 0 atom stereocenters. The number of aromatic nitrogens is 9. The van der Waals surface area contributed by atoms with Crippen LogP contribution in [0.4, 0.5) is 0 Å². The second-order valence-corrected chi connectivity index (χ2v) is 12.4. The molecule has 0 radical (unpaired) electrons. The Balaban J connectivity index is 1.10. The average molecular weight is 708 g/mol. The Hall–Kier alpha value is -6.86. The summed E-state index contributed by atoms with van der Waals surface area (Å²) in [7, 11) is 0. The lowest BCUT2D eigenvalue weighted by Gasteiger charge is -2.12. The fraction of sp³-hybridized carbons (Fsp3) is 0.0789. The third-order valence-corrected chi connectivity index (χ3v) is 8.45. The maximum absolute atomic E-state index is 13.4. The Labute approximate surface area is 299 Å². The summed E-state index contributed by atoms with van der Waals surface area (Å²) in [5, 5.41) is 8.83. The molecule has 14 heteroatoms. The molecule has 0 aliphatic carbocycles. The van der Waals surface area contributed by atoms with Crippen molar-refractivity contribution in [3.63, 3.8) is 0 Å². The van der Waals surface area contributed by atoms with E-state index in [-0.39, 0.29) is 30.1 Å². The van der Waals surface area contributed by atoms with Gasteiger partial charge in [0.05, 0.1) is 29.9 Å². The van der Waals surface area contributed by atoms with Gasteiger partial charge in [-0.2, -0.15) is 9.97 Å². The highest BCUT2D eigenvalue weighted by molar-refractivity contribution is 6.30. The highest BCUT2D eigenvalue weighted by Gasteiger charge is 2.20. The molecule has 8 aromatic rings. The van der Waals surface area contributed by atoms with E-state index in [4.69, 9.17) is 20.6 Å². The number of nitrogens with zero attached hydrogens (tertiary/aromatic N) is 9. The van der Waals surface area contributed by atoms with E-state index in [0.717, 1.165) is 22.3 Å². The fourth-order valence-corrected chi connectivity index (χ4v) is 5.85. The minimum absolute atomic E-state index is 0.184. The molecule has 0 amide bonds. The average Bonchev–Trinajstić information content (AvgIpc) is 3.86. The first kappa shape index (κ1) is 32.4. The molecule has 8 rings (SSSR count). The van der Waals surface area contributed by atoms with E-state index in [2.05, 4.69) is 35.2 Å². The maximum atomic E-state index is 13.4. The van der Waals surface area contributed by atoms with Crippen molar-refractivity contribution >= 4 is 11.6 Å². The van der Waals surface area contributed by atoms with Gasteiger partial charge >= 0.3 is 0 Å². The Kier molecular flexibility index (Phi) is 8.59. The summed E-state index contributed by atoms with van der Waals surface area (Å²) in [4.78, 5) is 48.3. The van der Waals surface area contributed by atoms with Gasteiger partial charge in [-0.05, 0) is 42.8 Å². The Morgan fingerprint density at radius 3 is 2.12 bits per heavy atom. The molecule has 0 aliphatic rings. The molecule has 0 aliphatic heterocycles. The number of halogens is 1. The lowest BCUT2D eigenvalue weighted by molar-refractivity contribution is 0.431. The molecule has 0 bridgehead atoms. The summed E-state index contributed by atoms with van der Waals surface area (Å²) in [5.74, 6) is 1.27. The largest absolute Gasteiger partial charge is 0.334 e. The van der Waals surface area contributed by atoms with Gasteiger partial charge < -0.3 is 18.2 Å². The van der Waals surface area contributed by atoms with Crippen molar-refractivity contribution in [3.8, 4) is 56.9 Å². The minimum atomic E-state index is -0.280. The topological polar surface area (TPSA) is 161 Å². The van der Waals surface area contributed by atoms with Crippen molar-refractivity contribution in [2.75, 3.05) is 0 Å². The number of benzene rings is 2. The van der Waals surface area contributed by atoms with Crippen molar-refractivity contribution in [2.45, 2.75) is 20.0 Å². The van der Waals surface area contributed by atoms with Gasteiger partial charge in [-0.1, -0.05) is 63.9 Å². The maximum Gasteiger partial charge on any atom is 0.260 e. The summed E-state index contributed by atoms with van der Waals surface area (Å²) in [6.45, 7) is 2.44. The lowest BCUT2D eigenvalue weighted by atomic mass is 10.1. The molecular formula is C38H26ClN9O4. The van der Waals surface area contributed by atoms with Crippen LogP contribution in [0.25, 0.3) is 56.9 Å². The highest BCUT2D eigenvalue weighted by atomic mass is 35.5. The van der Waals surface area contributed by atoms with Gasteiger partial charge in [0.15, 0.2) is 0 Å². The molecule has 0 saturated heterocycles. The molecule has 0 fully saturated rings. The van der Waals surface area contributed by atoms with Crippen LogP contribution in [0.2, 0.25) is 5.02 Å². The number of aryl methyl sites for hydroxylation is 1. The van der Waals surface area contributed by atoms with E-state index in [0.29, 0.717) is 50.5 Å². The lowest BCUT2D eigenvalue weighted by Crippen LogP contribution is -2.20. The molecular weight excluding hydrogens is 682 g/mol. The van der Waals surface area contributed by atoms with Crippen LogP contribution in [0.1, 0.15) is 16.7 Å². The Morgan fingerprint density at radius 1 is 0.654 bits per heavy atom. The molecule has 2 aromatic carbocycles. The van der Waals surface area contributed by atoms with E-state index in [9.17, 15) is 9.59 Å². The van der Waals surface area contributed by atoms with Crippen molar-refractivity contribution in [1.82, 2.24) is 44.4 Å². The van der Waals surface area contributed by atoms with Crippen LogP contribution < -0.4 is 11.1 Å². The van der Waals surface area contributed by atoms with E-state index in [1.165, 1.54) is 27.6 Å². The summed E-state index contributed by atoms with van der Waals surface area (Å²) in [6.07, 6.45) is 9.69. The van der Waals surface area contributed by atoms with Gasteiger partial charge in [-0.25, -0.2) is 9.97 Å². The monoisotopic (exact) mass is 707 g/mol. The zero-order valence-electron chi connectivity index (χ0n) is 27.4. The van der Waals surface area contributed by atoms with Gasteiger partial charge in [0, 0.05) is 70.4 Å². The third kappa shape index (κ3) is 6.80. The standard InChI is InChI=1S/C38H26ClN9O4/c1-23-4-2-5-26(12-23)35-43-37(51-45-35)28-9-11-33(49)47(20-28)18-24-8-10-32(42-17-24)30-14-34(50)48(19-25-15-40-22-41-16-25)21-31(30)38-44-36(46-52-38)27-6-3-7-29(39)13-27/h2-17,20-22H,18-19H2,1H3. The Bertz CT molecular complexity index is 2670. The molecule has 0 spiro atoms. The smallest absolute Gasteiger partial charge is 0.260 e. The van der Waals surface area contributed by atoms with Crippen molar-refractivity contribution in [1.29, 1.82) is 0 Å². The van der Waals surface area contributed by atoms with Crippen LogP contribution in [0.15, 0.2) is 135 Å². The van der Waals surface area contributed by atoms with Gasteiger partial charge in [0.25, 0.3) is 22.9 Å². The first-order chi connectivity index (χ1) is 25.4. The van der Waals surface area contributed by atoms with Crippen molar-refractivity contribution in [3.05, 3.63) is 159 Å². The SMILES string of the molecule is Cc1cccc(-c2noc(-c3ccc(=O)n(Cc4ccc(-c5cc(=O)n(Cc6cncnc6)cc5-c5nc(-c6cccc(Cl)c6)no5)nc4)c3)n2)c1. The predicted molar refractivity (Wildman–Crippen MR) is 192 cm³/mol. The van der Waals surface area contributed by atoms with Crippen LogP contribution in [0, 0.1) is 6.92 Å². The molecule has 6 aromatic heterocycles. The molecule has 0 N–H and O–H groups in total. The second-order valence-electron chi connectivity index (χ2n) is 12.0. The third-order valence-electron chi connectivity index (χ3n) is 8.22. The molecule has 254 valence electrons. The fourth-order valence-electron chi connectivity index (χ4n) is 5.66. The zero-order valence-corrected chi connectivity index (χ0v) is 28.2. The number of pyridine rings is 3. The van der Waals surface area contributed by atoms with E-state index in [1.54, 1.807) is 61.3 Å². The van der Waals surface area contributed by atoms with Gasteiger partial charge in [-0.15, -0.1) is 0 Å². The molecule has 52 heavy (non-hydrogen) atoms. The summed E-state index contributed by atoms with van der Waals surface area (Å²) in [6, 6.07) is 23.1. The highest BCUT2D eigenvalue weighted by Crippen LogP contribution is 2.31. The molecule has 0 unspecified atom stereocenters. The van der Waals surface area contributed by atoms with Crippen LogP contribution in [0.3, 0.4) is 0 Å². The predicted octanol–water partition coefficient (Wildman–Crippen LogP) is 6.35. The summed E-state index contributed by atoms with van der Waals surface area (Å²) < 4.78 is 14.3. The van der Waals surface area contributed by atoms with E-state index < -0.39 is 0 Å². The van der Waals surface area contributed by atoms with Gasteiger partial charge in [-0.3, -0.25) is 14.6 Å². The second kappa shape index (κ2) is 13.8. The van der Waals surface area contributed by atoms with Gasteiger partial charge in [0.2, 0.25) is 11.6 Å². The van der Waals surface area contributed by atoms with E-state index in [1.807, 2.05) is 43.3 Å². The normalized spacial score (nSPS) is 11.2. The van der Waals surface area contributed by atoms with Crippen molar-refractivity contribution < 1.29 is 9.05 Å². The quantitative estimate of drug-likeness (QED) is 0.164. The minimum Gasteiger partial charge on any atom is -0.334 e. The van der Waals surface area contributed by atoms with E-state index >= 15 is 0 Å². The van der Waals surface area contributed by atoms with Crippen LogP contribution in [-0.2, 0) is 13.1 Å². The molecule has 6 heterocycles. The number of rotatable bonds is 9. The number of hydrogen-bond donors (Lipinski definition) is 0. The molecule has 13 nitrogen and oxygen atoms in total. The number of hydrogen-bond acceptors (Lipinski definition) is 11. The summed E-state index contributed by atoms with van der Waals surface area (Å²) >= 11 is 6.20.